The highest BCUT2D eigenvalue weighted by molar-refractivity contribution is 6.05. The number of aryl methyl sites for hydroxylation is 1. The van der Waals surface area contributed by atoms with E-state index in [1.807, 2.05) is 65.1 Å². The van der Waals surface area contributed by atoms with Gasteiger partial charge in [0.25, 0.3) is 5.91 Å². The Morgan fingerprint density at radius 3 is 2.63 bits per heavy atom. The van der Waals surface area contributed by atoms with Gasteiger partial charge < -0.3 is 14.2 Å². The Morgan fingerprint density at radius 2 is 1.87 bits per heavy atom. The molecular formula is C28H26N6O4. The van der Waals surface area contributed by atoms with Crippen molar-refractivity contribution in [3.05, 3.63) is 77.7 Å². The number of carbonyl (C=O) groups is 3. The molecule has 1 N–H and O–H groups in total. The average Bonchev–Trinajstić information content (AvgIpc) is 3.62. The highest BCUT2D eigenvalue weighted by Gasteiger charge is 2.39. The van der Waals surface area contributed by atoms with Crippen LogP contribution in [0.5, 0.6) is 5.75 Å². The fourth-order valence-corrected chi connectivity index (χ4v) is 5.09. The molecule has 10 nitrogen and oxygen atoms in total. The van der Waals surface area contributed by atoms with Crippen molar-refractivity contribution in [2.75, 3.05) is 7.11 Å². The van der Waals surface area contributed by atoms with Crippen molar-refractivity contribution in [1.82, 2.24) is 29.5 Å². The van der Waals surface area contributed by atoms with E-state index in [0.717, 1.165) is 39.5 Å². The van der Waals surface area contributed by atoms with Crippen LogP contribution < -0.4 is 10.1 Å². The van der Waals surface area contributed by atoms with E-state index in [1.54, 1.807) is 24.3 Å². The summed E-state index contributed by atoms with van der Waals surface area (Å²) in [4.78, 5) is 43.3. The smallest absolute Gasteiger partial charge is 0.255 e. The van der Waals surface area contributed by atoms with Crippen LogP contribution in [0.15, 0.2) is 61.1 Å². The summed E-state index contributed by atoms with van der Waals surface area (Å²) in [6.45, 7) is 0.954. The second-order valence-electron chi connectivity index (χ2n) is 9.61. The number of rotatable bonds is 6. The van der Waals surface area contributed by atoms with Crippen LogP contribution in [0.2, 0.25) is 0 Å². The largest absolute Gasteiger partial charge is 0.497 e. The summed E-state index contributed by atoms with van der Waals surface area (Å²) in [5, 5.41) is 6.85. The third-order valence-electron chi connectivity index (χ3n) is 7.09. The maximum Gasteiger partial charge on any atom is 0.255 e. The molecule has 1 atom stereocenters. The van der Waals surface area contributed by atoms with E-state index in [1.165, 1.54) is 0 Å². The molecule has 0 saturated carbocycles. The topological polar surface area (TPSA) is 111 Å². The van der Waals surface area contributed by atoms with Crippen LogP contribution in [-0.4, -0.2) is 55.1 Å². The van der Waals surface area contributed by atoms with Gasteiger partial charge in [-0.15, -0.1) is 0 Å². The second-order valence-corrected chi connectivity index (χ2v) is 9.61. The van der Waals surface area contributed by atoms with Gasteiger partial charge in [-0.05, 0) is 41.8 Å². The first kappa shape index (κ1) is 23.7. The maximum atomic E-state index is 13.0. The quantitative estimate of drug-likeness (QED) is 0.400. The molecular weight excluding hydrogens is 484 g/mol. The van der Waals surface area contributed by atoms with Crippen LogP contribution in [0.1, 0.15) is 34.3 Å². The minimum absolute atomic E-state index is 0.188. The summed E-state index contributed by atoms with van der Waals surface area (Å²) in [5.41, 5.74) is 5.09. The summed E-state index contributed by atoms with van der Waals surface area (Å²) < 4.78 is 9.05. The molecule has 3 amide bonds. The number of nitrogens with zero attached hydrogens (tertiary/aromatic N) is 5. The molecule has 1 unspecified atom stereocenters. The lowest BCUT2D eigenvalue weighted by molar-refractivity contribution is -0.136. The van der Waals surface area contributed by atoms with E-state index in [9.17, 15) is 14.4 Å². The van der Waals surface area contributed by atoms with E-state index < -0.39 is 11.9 Å². The Kier molecular flexibility index (Phi) is 5.79. The van der Waals surface area contributed by atoms with Crippen LogP contribution in [0, 0.1) is 0 Å². The van der Waals surface area contributed by atoms with E-state index >= 15 is 0 Å². The molecule has 2 aliphatic heterocycles. The standard InChI is InChI=1S/C28H26N6O4/c1-32-16-23(30-26(32)20-12-29-33(14-20)13-17-3-6-21(38-2)7-4-17)18-5-8-22-19(11-18)15-34(28(22)37)24-9-10-25(35)31-27(24)36/h3-8,11-12,14,16,24H,9-10,13,15H2,1-2H3,(H,31,35,36). The van der Waals surface area contributed by atoms with Gasteiger partial charge in [0.05, 0.1) is 31.1 Å². The zero-order valence-corrected chi connectivity index (χ0v) is 21.0. The van der Waals surface area contributed by atoms with E-state index in [0.29, 0.717) is 25.1 Å². The summed E-state index contributed by atoms with van der Waals surface area (Å²) in [7, 11) is 3.59. The fraction of sp³-hybridized carbons (Fsp3) is 0.250. The number of aromatic nitrogens is 4. The lowest BCUT2D eigenvalue weighted by Crippen LogP contribution is -2.52. The van der Waals surface area contributed by atoms with Crippen molar-refractivity contribution < 1.29 is 19.1 Å². The summed E-state index contributed by atoms with van der Waals surface area (Å²) >= 11 is 0. The van der Waals surface area contributed by atoms with Gasteiger partial charge >= 0.3 is 0 Å². The molecule has 2 aliphatic rings. The van der Waals surface area contributed by atoms with E-state index in [4.69, 9.17) is 9.72 Å². The van der Waals surface area contributed by atoms with Gasteiger partial charge in [0.2, 0.25) is 11.8 Å². The first-order valence-electron chi connectivity index (χ1n) is 12.4. The molecule has 1 fully saturated rings. The van der Waals surface area contributed by atoms with Crippen molar-refractivity contribution in [2.45, 2.75) is 32.0 Å². The summed E-state index contributed by atoms with van der Waals surface area (Å²) in [5.74, 6) is 0.698. The first-order valence-corrected chi connectivity index (χ1v) is 12.4. The number of benzene rings is 2. The van der Waals surface area contributed by atoms with Crippen LogP contribution in [0.3, 0.4) is 0 Å². The molecule has 1 saturated heterocycles. The Morgan fingerprint density at radius 1 is 1.05 bits per heavy atom. The fourth-order valence-electron chi connectivity index (χ4n) is 5.09. The zero-order valence-electron chi connectivity index (χ0n) is 21.0. The maximum absolute atomic E-state index is 13.0. The van der Waals surface area contributed by atoms with Crippen molar-refractivity contribution >= 4 is 17.7 Å². The Balaban J connectivity index is 1.21. The monoisotopic (exact) mass is 510 g/mol. The van der Waals surface area contributed by atoms with Gasteiger partial charge in [-0.2, -0.15) is 5.10 Å². The highest BCUT2D eigenvalue weighted by Crippen LogP contribution is 2.32. The summed E-state index contributed by atoms with van der Waals surface area (Å²) in [6, 6.07) is 12.9. The van der Waals surface area contributed by atoms with E-state index in [-0.39, 0.29) is 18.2 Å². The second kappa shape index (κ2) is 9.29. The minimum atomic E-state index is -0.632. The molecule has 0 aliphatic carbocycles. The van der Waals surface area contributed by atoms with Crippen molar-refractivity contribution in [3.63, 3.8) is 0 Å². The van der Waals surface area contributed by atoms with Crippen molar-refractivity contribution in [2.24, 2.45) is 7.05 Å². The predicted octanol–water partition coefficient (Wildman–Crippen LogP) is 2.77. The SMILES string of the molecule is COc1ccc(Cn2cc(-c3nc(-c4ccc5c(c4)CN(C4CCC(=O)NC4=O)C5=O)cn3C)cn2)cc1. The number of carbonyl (C=O) groups excluding carboxylic acids is 3. The Bertz CT molecular complexity index is 1570. The molecule has 2 aromatic heterocycles. The molecule has 0 spiro atoms. The Hall–Kier alpha value is -4.73. The number of imide groups is 1. The lowest BCUT2D eigenvalue weighted by Gasteiger charge is -2.29. The molecule has 0 radical (unpaired) electrons. The van der Waals surface area contributed by atoms with Crippen LogP contribution >= 0.6 is 0 Å². The number of hydrogen-bond donors (Lipinski definition) is 1. The van der Waals surface area contributed by atoms with Gasteiger partial charge in [-0.3, -0.25) is 24.4 Å². The zero-order chi connectivity index (χ0) is 26.4. The normalized spacial score (nSPS) is 17.1. The molecule has 0 bridgehead atoms. The number of ether oxygens (including phenoxy) is 1. The summed E-state index contributed by atoms with van der Waals surface area (Å²) in [6.07, 6.45) is 6.29. The van der Waals surface area contributed by atoms with Gasteiger partial charge in [-0.1, -0.05) is 18.2 Å². The first-order chi connectivity index (χ1) is 18.4. The highest BCUT2D eigenvalue weighted by atomic mass is 16.5. The van der Waals surface area contributed by atoms with Gasteiger partial charge in [0.1, 0.15) is 17.6 Å². The van der Waals surface area contributed by atoms with Gasteiger partial charge in [0, 0.05) is 43.5 Å². The van der Waals surface area contributed by atoms with Crippen molar-refractivity contribution in [1.29, 1.82) is 0 Å². The van der Waals surface area contributed by atoms with Crippen molar-refractivity contribution in [3.8, 4) is 28.4 Å². The predicted molar refractivity (Wildman–Crippen MR) is 138 cm³/mol. The third-order valence-corrected chi connectivity index (χ3v) is 7.09. The Labute approximate surface area is 218 Å². The number of methoxy groups -OCH3 is 1. The van der Waals surface area contributed by atoms with Gasteiger partial charge in [-0.25, -0.2) is 4.98 Å². The molecule has 192 valence electrons. The van der Waals surface area contributed by atoms with Crippen LogP contribution in [-0.2, 0) is 29.7 Å². The molecule has 10 heteroatoms. The number of piperidine rings is 1. The number of fused-ring (bicyclic) bond motifs is 1. The lowest BCUT2D eigenvalue weighted by atomic mass is 10.0. The molecule has 6 rings (SSSR count). The number of amides is 3. The molecule has 2 aromatic carbocycles. The molecule has 38 heavy (non-hydrogen) atoms. The minimum Gasteiger partial charge on any atom is -0.497 e. The number of hydrogen-bond acceptors (Lipinski definition) is 6. The van der Waals surface area contributed by atoms with E-state index in [2.05, 4.69) is 10.4 Å². The molecule has 4 heterocycles. The molecule has 4 aromatic rings. The third kappa shape index (κ3) is 4.23. The van der Waals surface area contributed by atoms with Crippen LogP contribution in [0.4, 0.5) is 0 Å². The average molecular weight is 511 g/mol. The van der Waals surface area contributed by atoms with Gasteiger partial charge in [0.15, 0.2) is 0 Å². The van der Waals surface area contributed by atoms with Crippen LogP contribution in [0.25, 0.3) is 22.6 Å². The number of nitrogens with one attached hydrogen (secondary N) is 1. The number of imidazole rings is 1.